The Morgan fingerprint density at radius 3 is 2.78 bits per heavy atom. The number of nitrogens with zero attached hydrogens (tertiary/aromatic N) is 2. The topological polar surface area (TPSA) is 82.6 Å². The second-order valence-electron chi connectivity index (χ2n) is 8.05. The van der Waals surface area contributed by atoms with Crippen molar-refractivity contribution in [3.63, 3.8) is 0 Å². The summed E-state index contributed by atoms with van der Waals surface area (Å²) in [6, 6.07) is 13.3. The van der Waals surface area contributed by atoms with Gasteiger partial charge in [0, 0.05) is 43.2 Å². The lowest BCUT2D eigenvalue weighted by Crippen LogP contribution is -2.42. The van der Waals surface area contributed by atoms with Gasteiger partial charge < -0.3 is 19.5 Å². The third-order valence-electron chi connectivity index (χ3n) is 5.75. The van der Waals surface area contributed by atoms with Crippen molar-refractivity contribution < 1.29 is 19.0 Å². The summed E-state index contributed by atoms with van der Waals surface area (Å²) in [5.41, 5.74) is 3.76. The van der Waals surface area contributed by atoms with Crippen molar-refractivity contribution in [2.75, 3.05) is 19.8 Å². The zero-order valence-corrected chi connectivity index (χ0v) is 17.7. The Bertz CT molecular complexity index is 1070. The van der Waals surface area contributed by atoms with Gasteiger partial charge in [0.2, 0.25) is 5.88 Å². The number of rotatable bonds is 5. The lowest BCUT2D eigenvalue weighted by molar-refractivity contribution is 0.00549. The maximum atomic E-state index is 12.8. The first kappa shape index (κ1) is 20.5. The highest BCUT2D eigenvalue weighted by Gasteiger charge is 2.25. The van der Waals surface area contributed by atoms with Crippen LogP contribution in [-0.4, -0.2) is 47.8 Å². The number of fused-ring (bicyclic) bond motifs is 1. The van der Waals surface area contributed by atoms with Gasteiger partial charge in [0.1, 0.15) is 18.5 Å². The van der Waals surface area contributed by atoms with E-state index in [1.54, 1.807) is 30.7 Å². The molecule has 1 aromatic carbocycles. The molecule has 0 saturated carbocycles. The number of carbonyl (C=O) groups excluding carboxylic acids is 1. The SMILES string of the molecule is O=C(N[C@@H]1COc2cccc(-c3ccncc3)c2C1)c1ccc(OC2CCCOC2)nc1. The molecule has 5 rings (SSSR count). The minimum absolute atomic E-state index is 0.0185. The van der Waals surface area contributed by atoms with Gasteiger partial charge in [-0.1, -0.05) is 12.1 Å². The molecule has 2 aliphatic rings. The summed E-state index contributed by atoms with van der Waals surface area (Å²) in [6.45, 7) is 1.79. The number of nitrogens with one attached hydrogen (secondary N) is 1. The fourth-order valence-electron chi connectivity index (χ4n) is 4.13. The molecular formula is C25H25N3O4. The molecule has 2 aliphatic heterocycles. The number of hydrogen-bond donors (Lipinski definition) is 1. The van der Waals surface area contributed by atoms with Gasteiger partial charge >= 0.3 is 0 Å². The molecule has 2 atom stereocenters. The molecule has 0 radical (unpaired) electrons. The predicted molar refractivity (Wildman–Crippen MR) is 119 cm³/mol. The molecule has 0 aliphatic carbocycles. The summed E-state index contributed by atoms with van der Waals surface area (Å²) in [5, 5.41) is 3.08. The molecule has 164 valence electrons. The summed E-state index contributed by atoms with van der Waals surface area (Å²) in [5.74, 6) is 1.19. The number of ether oxygens (including phenoxy) is 3. The summed E-state index contributed by atoms with van der Waals surface area (Å²) >= 11 is 0. The van der Waals surface area contributed by atoms with Crippen LogP contribution in [-0.2, 0) is 11.2 Å². The largest absolute Gasteiger partial charge is 0.491 e. The summed E-state index contributed by atoms with van der Waals surface area (Å²) in [7, 11) is 0. The Balaban J connectivity index is 1.24. The molecule has 1 N–H and O–H groups in total. The Morgan fingerprint density at radius 2 is 2.00 bits per heavy atom. The van der Waals surface area contributed by atoms with Crippen molar-refractivity contribution in [1.29, 1.82) is 0 Å². The van der Waals surface area contributed by atoms with Crippen LogP contribution in [0.15, 0.2) is 61.1 Å². The van der Waals surface area contributed by atoms with Crippen molar-refractivity contribution >= 4 is 5.91 Å². The van der Waals surface area contributed by atoms with E-state index in [1.807, 2.05) is 24.3 Å². The van der Waals surface area contributed by atoms with Gasteiger partial charge in [-0.25, -0.2) is 4.98 Å². The average molecular weight is 431 g/mol. The van der Waals surface area contributed by atoms with Crippen molar-refractivity contribution in [3.8, 4) is 22.8 Å². The van der Waals surface area contributed by atoms with Crippen molar-refractivity contribution in [2.24, 2.45) is 0 Å². The molecule has 4 heterocycles. The molecule has 3 aromatic rings. The number of pyridine rings is 2. The first-order valence-electron chi connectivity index (χ1n) is 10.9. The molecule has 0 spiro atoms. The van der Waals surface area contributed by atoms with E-state index < -0.39 is 0 Å². The van der Waals surface area contributed by atoms with E-state index in [2.05, 4.69) is 21.4 Å². The highest BCUT2D eigenvalue weighted by molar-refractivity contribution is 5.94. The number of amides is 1. The summed E-state index contributed by atoms with van der Waals surface area (Å²) in [6.07, 6.45) is 7.75. The second kappa shape index (κ2) is 9.36. The lowest BCUT2D eigenvalue weighted by Gasteiger charge is -2.28. The Morgan fingerprint density at radius 1 is 1.09 bits per heavy atom. The van der Waals surface area contributed by atoms with Crippen LogP contribution < -0.4 is 14.8 Å². The lowest BCUT2D eigenvalue weighted by atomic mass is 9.93. The smallest absolute Gasteiger partial charge is 0.253 e. The van der Waals surface area contributed by atoms with Gasteiger partial charge in [0.15, 0.2) is 0 Å². The van der Waals surface area contributed by atoms with E-state index in [0.717, 1.165) is 41.9 Å². The van der Waals surface area contributed by atoms with E-state index in [0.29, 0.717) is 31.1 Å². The Hall–Kier alpha value is -3.45. The van der Waals surface area contributed by atoms with Gasteiger partial charge in [-0.2, -0.15) is 0 Å². The van der Waals surface area contributed by atoms with Gasteiger partial charge in [0.25, 0.3) is 5.91 Å². The third kappa shape index (κ3) is 4.57. The zero-order chi connectivity index (χ0) is 21.8. The van der Waals surface area contributed by atoms with Crippen LogP contribution in [0.3, 0.4) is 0 Å². The molecule has 7 heteroatoms. The Kier molecular flexibility index (Phi) is 5.98. The van der Waals surface area contributed by atoms with E-state index in [9.17, 15) is 4.79 Å². The van der Waals surface area contributed by atoms with Gasteiger partial charge in [-0.3, -0.25) is 9.78 Å². The molecule has 32 heavy (non-hydrogen) atoms. The van der Waals surface area contributed by atoms with Gasteiger partial charge in [0.05, 0.1) is 18.2 Å². The van der Waals surface area contributed by atoms with Crippen LogP contribution in [0.25, 0.3) is 11.1 Å². The monoisotopic (exact) mass is 431 g/mol. The van der Waals surface area contributed by atoms with Crippen LogP contribution in [0, 0.1) is 0 Å². The normalized spacial score (nSPS) is 20.0. The van der Waals surface area contributed by atoms with Crippen LogP contribution >= 0.6 is 0 Å². The van der Waals surface area contributed by atoms with Crippen LogP contribution in [0.1, 0.15) is 28.8 Å². The fourth-order valence-corrected chi connectivity index (χ4v) is 4.13. The number of hydrogen-bond acceptors (Lipinski definition) is 6. The molecule has 2 aromatic heterocycles. The van der Waals surface area contributed by atoms with E-state index >= 15 is 0 Å². The van der Waals surface area contributed by atoms with Crippen molar-refractivity contribution in [3.05, 3.63) is 72.2 Å². The number of benzene rings is 1. The van der Waals surface area contributed by atoms with Crippen LogP contribution in [0.5, 0.6) is 11.6 Å². The van der Waals surface area contributed by atoms with Gasteiger partial charge in [-0.15, -0.1) is 0 Å². The second-order valence-corrected chi connectivity index (χ2v) is 8.05. The van der Waals surface area contributed by atoms with E-state index in [-0.39, 0.29) is 18.1 Å². The Labute approximate surface area is 186 Å². The first-order valence-corrected chi connectivity index (χ1v) is 10.9. The van der Waals surface area contributed by atoms with Gasteiger partial charge in [-0.05, 0) is 48.2 Å². The molecule has 1 saturated heterocycles. The highest BCUT2D eigenvalue weighted by atomic mass is 16.5. The third-order valence-corrected chi connectivity index (χ3v) is 5.75. The minimum Gasteiger partial charge on any atom is -0.491 e. The van der Waals surface area contributed by atoms with Crippen LogP contribution in [0.4, 0.5) is 0 Å². The van der Waals surface area contributed by atoms with E-state index in [4.69, 9.17) is 14.2 Å². The minimum atomic E-state index is -0.177. The van der Waals surface area contributed by atoms with Crippen molar-refractivity contribution in [2.45, 2.75) is 31.4 Å². The highest BCUT2D eigenvalue weighted by Crippen LogP contribution is 2.34. The maximum absolute atomic E-state index is 12.8. The zero-order valence-electron chi connectivity index (χ0n) is 17.7. The predicted octanol–water partition coefficient (Wildman–Crippen LogP) is 3.43. The standard InChI is InChI=1S/C25H25N3O4/c29-25(18-6-7-24(27-14-18)32-20-3-2-12-30-16-20)28-19-13-22-21(17-8-10-26-11-9-17)4-1-5-23(22)31-15-19/h1,4-11,14,19-20H,2-3,12-13,15-16H2,(H,28,29)/t19-,20?/m0/s1. The molecule has 1 amide bonds. The number of aromatic nitrogens is 2. The quantitative estimate of drug-likeness (QED) is 0.667. The molecule has 1 fully saturated rings. The maximum Gasteiger partial charge on any atom is 0.253 e. The summed E-state index contributed by atoms with van der Waals surface area (Å²) in [4.78, 5) is 21.2. The van der Waals surface area contributed by atoms with E-state index in [1.165, 1.54) is 0 Å². The number of carbonyl (C=O) groups is 1. The van der Waals surface area contributed by atoms with Crippen LogP contribution in [0.2, 0.25) is 0 Å². The first-order chi connectivity index (χ1) is 15.8. The molecular weight excluding hydrogens is 406 g/mol. The average Bonchev–Trinajstić information content (AvgIpc) is 2.85. The molecule has 1 unspecified atom stereocenters. The fraction of sp³-hybridized carbons (Fsp3) is 0.320. The molecule has 0 bridgehead atoms. The molecule has 7 nitrogen and oxygen atoms in total. The van der Waals surface area contributed by atoms with Crippen molar-refractivity contribution in [1.82, 2.24) is 15.3 Å². The summed E-state index contributed by atoms with van der Waals surface area (Å²) < 4.78 is 17.2.